The van der Waals surface area contributed by atoms with Gasteiger partial charge in [0.2, 0.25) is 0 Å². The van der Waals surface area contributed by atoms with Gasteiger partial charge in [-0.1, -0.05) is 12.1 Å². The van der Waals surface area contributed by atoms with Crippen molar-refractivity contribution in [2.75, 3.05) is 14.2 Å². The summed E-state index contributed by atoms with van der Waals surface area (Å²) in [6, 6.07) is 11.5. The molecule has 1 fully saturated rings. The summed E-state index contributed by atoms with van der Waals surface area (Å²) in [6.45, 7) is 3.63. The predicted molar refractivity (Wildman–Crippen MR) is 112 cm³/mol. The summed E-state index contributed by atoms with van der Waals surface area (Å²) in [5, 5.41) is 0. The highest BCUT2D eigenvalue weighted by Gasteiger charge is 2.47. The number of esters is 1. The van der Waals surface area contributed by atoms with Crippen molar-refractivity contribution in [3.05, 3.63) is 64.8 Å². The van der Waals surface area contributed by atoms with E-state index in [0.717, 1.165) is 22.8 Å². The largest absolute Gasteiger partial charge is 0.497 e. The lowest BCUT2D eigenvalue weighted by molar-refractivity contribution is -0.136. The molecule has 1 aromatic carbocycles. The summed E-state index contributed by atoms with van der Waals surface area (Å²) in [5.74, 6) is 0.659. The Morgan fingerprint density at radius 2 is 1.90 bits per heavy atom. The molecule has 0 saturated heterocycles. The van der Waals surface area contributed by atoms with Gasteiger partial charge >= 0.3 is 5.97 Å². The first-order valence-corrected chi connectivity index (χ1v) is 10.0. The number of furan rings is 1. The number of carbonyl (C=O) groups excluding carboxylic acids is 2. The van der Waals surface area contributed by atoms with Crippen molar-refractivity contribution in [1.29, 1.82) is 0 Å². The number of aryl methyl sites for hydroxylation is 1. The first kappa shape index (κ1) is 20.1. The third kappa shape index (κ3) is 3.47. The van der Waals surface area contributed by atoms with Crippen molar-refractivity contribution < 1.29 is 23.5 Å². The zero-order valence-electron chi connectivity index (χ0n) is 17.6. The first-order chi connectivity index (χ1) is 14.4. The third-order valence-corrected chi connectivity index (χ3v) is 5.99. The van der Waals surface area contributed by atoms with E-state index in [4.69, 9.17) is 18.9 Å². The summed E-state index contributed by atoms with van der Waals surface area (Å²) in [7, 11) is 2.97. The molecular formula is C24H25NO5. The van der Waals surface area contributed by atoms with E-state index in [9.17, 15) is 9.59 Å². The molecule has 30 heavy (non-hydrogen) atoms. The Labute approximate surface area is 175 Å². The molecule has 1 aliphatic heterocycles. The average molecular weight is 407 g/mol. The van der Waals surface area contributed by atoms with Crippen LogP contribution in [0.2, 0.25) is 0 Å². The third-order valence-electron chi connectivity index (χ3n) is 5.99. The lowest BCUT2D eigenvalue weighted by Crippen LogP contribution is -2.41. The normalized spacial score (nSPS) is 23.7. The quantitative estimate of drug-likeness (QED) is 0.705. The van der Waals surface area contributed by atoms with Crippen molar-refractivity contribution in [3.8, 4) is 5.75 Å². The number of methoxy groups -OCH3 is 2. The summed E-state index contributed by atoms with van der Waals surface area (Å²) < 4.78 is 16.2. The number of nitrogens with zero attached hydrogens (tertiary/aromatic N) is 1. The van der Waals surface area contributed by atoms with Crippen LogP contribution < -0.4 is 4.74 Å². The fourth-order valence-electron chi connectivity index (χ4n) is 4.61. The Hall–Kier alpha value is -3.15. The highest BCUT2D eigenvalue weighted by Crippen LogP contribution is 2.46. The van der Waals surface area contributed by atoms with Crippen molar-refractivity contribution in [1.82, 2.24) is 0 Å². The van der Waals surface area contributed by atoms with Crippen LogP contribution >= 0.6 is 0 Å². The summed E-state index contributed by atoms with van der Waals surface area (Å²) in [5.41, 5.74) is 2.82. The van der Waals surface area contributed by atoms with Crippen LogP contribution in [0.5, 0.6) is 5.75 Å². The number of carbonyl (C=O) groups is 2. The molecule has 2 aromatic rings. The molecule has 6 nitrogen and oxygen atoms in total. The molecule has 2 heterocycles. The number of hydrogen-bond acceptors (Lipinski definition) is 6. The minimum atomic E-state index is -0.518. The molecule has 1 unspecified atom stereocenters. The molecule has 1 aromatic heterocycles. The van der Waals surface area contributed by atoms with Gasteiger partial charge in [0.25, 0.3) is 0 Å². The molecule has 156 valence electrons. The number of allylic oxidation sites excluding steroid dienone is 1. The van der Waals surface area contributed by atoms with Gasteiger partial charge in [0, 0.05) is 17.8 Å². The highest BCUT2D eigenvalue weighted by atomic mass is 16.5. The van der Waals surface area contributed by atoms with Crippen LogP contribution in [-0.4, -0.2) is 31.7 Å². The summed E-state index contributed by atoms with van der Waals surface area (Å²) in [6.07, 6.45) is 1.02. The van der Waals surface area contributed by atoms with E-state index in [1.165, 1.54) is 7.11 Å². The van der Waals surface area contributed by atoms with Gasteiger partial charge in [-0.05, 0) is 56.0 Å². The van der Waals surface area contributed by atoms with Crippen molar-refractivity contribution in [2.24, 2.45) is 10.9 Å². The minimum Gasteiger partial charge on any atom is -0.497 e. The van der Waals surface area contributed by atoms with Crippen molar-refractivity contribution in [2.45, 2.75) is 38.5 Å². The molecular weight excluding hydrogens is 382 g/mol. The number of rotatable bonds is 4. The van der Waals surface area contributed by atoms with Crippen LogP contribution in [0.4, 0.5) is 0 Å². The van der Waals surface area contributed by atoms with Crippen LogP contribution in [0.25, 0.3) is 0 Å². The van der Waals surface area contributed by atoms with Gasteiger partial charge in [-0.2, -0.15) is 0 Å². The van der Waals surface area contributed by atoms with Crippen LogP contribution in [0.3, 0.4) is 0 Å². The lowest BCUT2D eigenvalue weighted by Gasteiger charge is -2.37. The first-order valence-electron chi connectivity index (χ1n) is 10.0. The van der Waals surface area contributed by atoms with E-state index >= 15 is 0 Å². The second-order valence-corrected chi connectivity index (χ2v) is 7.85. The SMILES string of the molecule is COC(=O)C1=C(C)N=C2C[C@H](c3cccc(OC)c3)CC(=O)C2[C@@H]1c1ccc(C)o1. The van der Waals surface area contributed by atoms with E-state index in [1.54, 1.807) is 14.0 Å². The molecule has 0 N–H and O–H groups in total. The Kier molecular flexibility index (Phi) is 5.33. The predicted octanol–water partition coefficient (Wildman–Crippen LogP) is 4.34. The molecule has 0 amide bonds. The average Bonchev–Trinajstić information content (AvgIpc) is 3.18. The van der Waals surface area contributed by atoms with Crippen molar-refractivity contribution >= 4 is 17.5 Å². The standard InChI is InChI=1S/C24H25NO5/c1-13-8-9-20(30-13)23-21(24(27)29-4)14(2)25-18-11-16(12-19(26)22(18)23)15-6-5-7-17(10-15)28-3/h5-10,16,22-23H,11-12H2,1-4H3/t16-,22?,23+/m0/s1. The molecule has 3 atom stereocenters. The maximum atomic E-state index is 13.4. The molecule has 0 spiro atoms. The van der Waals surface area contributed by atoms with Gasteiger partial charge in [0.15, 0.2) is 0 Å². The topological polar surface area (TPSA) is 78.1 Å². The molecule has 4 rings (SSSR count). The Morgan fingerprint density at radius 1 is 1.10 bits per heavy atom. The molecule has 0 radical (unpaired) electrons. The smallest absolute Gasteiger partial charge is 0.336 e. The van der Waals surface area contributed by atoms with E-state index in [2.05, 4.69) is 0 Å². The molecule has 2 aliphatic rings. The van der Waals surface area contributed by atoms with Gasteiger partial charge in [0.05, 0.1) is 31.6 Å². The maximum absolute atomic E-state index is 13.4. The second kappa shape index (κ2) is 7.94. The van der Waals surface area contributed by atoms with E-state index in [-0.39, 0.29) is 11.7 Å². The maximum Gasteiger partial charge on any atom is 0.336 e. The monoisotopic (exact) mass is 407 g/mol. The van der Waals surface area contributed by atoms with Gasteiger partial charge in [0.1, 0.15) is 23.1 Å². The van der Waals surface area contributed by atoms with Crippen LogP contribution in [0.1, 0.15) is 48.7 Å². The van der Waals surface area contributed by atoms with Crippen LogP contribution in [0.15, 0.2) is 57.1 Å². The number of aliphatic imine (C=N–C) groups is 1. The second-order valence-electron chi connectivity index (χ2n) is 7.85. The lowest BCUT2D eigenvalue weighted by atomic mass is 9.67. The minimum absolute atomic E-state index is 0.0223. The number of ketones is 1. The molecule has 6 heteroatoms. The molecule has 1 saturated carbocycles. The fourth-order valence-corrected chi connectivity index (χ4v) is 4.61. The van der Waals surface area contributed by atoms with Crippen molar-refractivity contribution in [3.63, 3.8) is 0 Å². The zero-order chi connectivity index (χ0) is 21.4. The molecule has 0 bridgehead atoms. The highest BCUT2D eigenvalue weighted by molar-refractivity contribution is 6.12. The van der Waals surface area contributed by atoms with Gasteiger partial charge in [-0.3, -0.25) is 9.79 Å². The number of fused-ring (bicyclic) bond motifs is 1. The van der Waals surface area contributed by atoms with Gasteiger partial charge < -0.3 is 13.9 Å². The van der Waals surface area contributed by atoms with E-state index in [1.807, 2.05) is 43.3 Å². The number of benzene rings is 1. The fraction of sp³-hybridized carbons (Fsp3) is 0.375. The molecule has 1 aliphatic carbocycles. The Bertz CT molecular complexity index is 1060. The van der Waals surface area contributed by atoms with Crippen LogP contribution in [-0.2, 0) is 14.3 Å². The van der Waals surface area contributed by atoms with E-state index in [0.29, 0.717) is 29.9 Å². The number of ether oxygens (including phenoxy) is 2. The van der Waals surface area contributed by atoms with Gasteiger partial charge in [-0.15, -0.1) is 0 Å². The summed E-state index contributed by atoms with van der Waals surface area (Å²) in [4.78, 5) is 30.7. The Morgan fingerprint density at radius 3 is 2.57 bits per heavy atom. The summed E-state index contributed by atoms with van der Waals surface area (Å²) >= 11 is 0. The number of hydrogen-bond donors (Lipinski definition) is 0. The zero-order valence-corrected chi connectivity index (χ0v) is 17.6. The number of Topliss-reactive ketones (excluding diaryl/α,β-unsaturated/α-hetero) is 1. The van der Waals surface area contributed by atoms with E-state index < -0.39 is 17.8 Å². The van der Waals surface area contributed by atoms with Gasteiger partial charge in [-0.25, -0.2) is 4.79 Å². The Balaban J connectivity index is 1.77. The van der Waals surface area contributed by atoms with Crippen LogP contribution in [0, 0.1) is 12.8 Å².